The fraction of sp³-hybridized carbons (Fsp3) is 0.348. The van der Waals surface area contributed by atoms with Crippen molar-refractivity contribution in [2.24, 2.45) is 0 Å². The van der Waals surface area contributed by atoms with Crippen LogP contribution in [0, 0.1) is 13.8 Å². The second-order valence-corrected chi connectivity index (χ2v) is 7.51. The van der Waals surface area contributed by atoms with Gasteiger partial charge >= 0.3 is 0 Å². The van der Waals surface area contributed by atoms with Gasteiger partial charge in [-0.2, -0.15) is 5.10 Å². The van der Waals surface area contributed by atoms with Crippen LogP contribution in [-0.4, -0.2) is 46.8 Å². The van der Waals surface area contributed by atoms with Gasteiger partial charge in [-0.05, 0) is 44.0 Å². The van der Waals surface area contributed by atoms with Crippen LogP contribution in [0.15, 0.2) is 47.3 Å². The van der Waals surface area contributed by atoms with E-state index in [1.54, 1.807) is 6.07 Å². The molecule has 0 atom stereocenters. The van der Waals surface area contributed by atoms with Gasteiger partial charge in [0, 0.05) is 43.8 Å². The maximum Gasteiger partial charge on any atom is 0.275 e. The second kappa shape index (κ2) is 7.70. The second-order valence-electron chi connectivity index (χ2n) is 7.51. The third kappa shape index (κ3) is 3.39. The highest BCUT2D eigenvalue weighted by Gasteiger charge is 2.26. The topological polar surface area (TPSA) is 58.4 Å². The van der Waals surface area contributed by atoms with Gasteiger partial charge in [-0.1, -0.05) is 30.3 Å². The Bertz CT molecular complexity index is 1130. The first-order valence-corrected chi connectivity index (χ1v) is 10.1. The standard InChI is InChI=1S/C23H26N4O2/c1-4-27-22(28)19-10-6-5-9-18(19)21(24-27)23(29)26-14-12-25(13-15-26)20-11-7-8-16(2)17(20)3/h5-11H,4,12-15H2,1-3H3. The zero-order valence-electron chi connectivity index (χ0n) is 17.2. The Hall–Kier alpha value is -3.15. The van der Waals surface area contributed by atoms with Crippen molar-refractivity contribution in [2.45, 2.75) is 27.3 Å². The number of aryl methyl sites for hydroxylation is 2. The molecule has 0 N–H and O–H groups in total. The van der Waals surface area contributed by atoms with Gasteiger partial charge in [-0.15, -0.1) is 0 Å². The van der Waals surface area contributed by atoms with E-state index in [0.29, 0.717) is 36.1 Å². The van der Waals surface area contributed by atoms with Gasteiger partial charge in [0.1, 0.15) is 0 Å². The largest absolute Gasteiger partial charge is 0.368 e. The third-order valence-corrected chi connectivity index (χ3v) is 5.85. The lowest BCUT2D eigenvalue weighted by molar-refractivity contribution is 0.0740. The maximum absolute atomic E-state index is 13.3. The van der Waals surface area contributed by atoms with Crippen LogP contribution in [0.2, 0.25) is 0 Å². The Balaban J connectivity index is 1.60. The van der Waals surface area contributed by atoms with Gasteiger partial charge < -0.3 is 9.80 Å². The van der Waals surface area contributed by atoms with Gasteiger partial charge in [-0.3, -0.25) is 9.59 Å². The molecule has 0 saturated carbocycles. The number of hydrogen-bond donors (Lipinski definition) is 0. The van der Waals surface area contributed by atoms with Gasteiger partial charge in [0.05, 0.1) is 5.39 Å². The van der Waals surface area contributed by atoms with E-state index in [2.05, 4.69) is 42.0 Å². The smallest absolute Gasteiger partial charge is 0.275 e. The van der Waals surface area contributed by atoms with Crippen molar-refractivity contribution in [3.8, 4) is 0 Å². The van der Waals surface area contributed by atoms with Crippen molar-refractivity contribution >= 4 is 22.4 Å². The number of piperazine rings is 1. The molecule has 0 radical (unpaired) electrons. The van der Waals surface area contributed by atoms with Crippen molar-refractivity contribution < 1.29 is 4.79 Å². The average molecular weight is 390 g/mol. The number of aromatic nitrogens is 2. The molecule has 1 aliphatic rings. The van der Waals surface area contributed by atoms with Crippen LogP contribution in [0.3, 0.4) is 0 Å². The Kier molecular flexibility index (Phi) is 5.09. The lowest BCUT2D eigenvalue weighted by atomic mass is 10.1. The van der Waals surface area contributed by atoms with E-state index in [9.17, 15) is 9.59 Å². The number of anilines is 1. The van der Waals surface area contributed by atoms with Gasteiger partial charge in [0.15, 0.2) is 5.69 Å². The lowest BCUT2D eigenvalue weighted by Crippen LogP contribution is -2.49. The molecule has 150 valence electrons. The Morgan fingerprint density at radius 1 is 0.966 bits per heavy atom. The summed E-state index contributed by atoms with van der Waals surface area (Å²) in [6.45, 7) is 9.39. The summed E-state index contributed by atoms with van der Waals surface area (Å²) in [5.74, 6) is -0.107. The van der Waals surface area contributed by atoms with E-state index in [0.717, 1.165) is 13.1 Å². The summed E-state index contributed by atoms with van der Waals surface area (Å²) in [6, 6.07) is 13.6. The fourth-order valence-corrected chi connectivity index (χ4v) is 3.99. The summed E-state index contributed by atoms with van der Waals surface area (Å²) >= 11 is 0. The van der Waals surface area contributed by atoms with Crippen molar-refractivity contribution in [2.75, 3.05) is 31.1 Å². The monoisotopic (exact) mass is 390 g/mol. The molecule has 0 unspecified atom stereocenters. The molecule has 0 spiro atoms. The Morgan fingerprint density at radius 3 is 2.34 bits per heavy atom. The number of carbonyl (C=O) groups is 1. The minimum Gasteiger partial charge on any atom is -0.368 e. The predicted octanol–water partition coefficient (Wildman–Crippen LogP) is 3.00. The Morgan fingerprint density at radius 2 is 1.66 bits per heavy atom. The first kappa shape index (κ1) is 19.2. The molecule has 6 heteroatoms. The molecule has 2 aromatic carbocycles. The number of benzene rings is 2. The van der Waals surface area contributed by atoms with Crippen molar-refractivity contribution in [3.63, 3.8) is 0 Å². The summed E-state index contributed by atoms with van der Waals surface area (Å²) in [4.78, 5) is 30.0. The summed E-state index contributed by atoms with van der Waals surface area (Å²) < 4.78 is 1.38. The summed E-state index contributed by atoms with van der Waals surface area (Å²) in [7, 11) is 0. The zero-order valence-corrected chi connectivity index (χ0v) is 17.2. The molecule has 6 nitrogen and oxygen atoms in total. The zero-order chi connectivity index (χ0) is 20.5. The molecular weight excluding hydrogens is 364 g/mol. The van der Waals surface area contributed by atoms with Crippen LogP contribution in [-0.2, 0) is 6.54 Å². The normalized spacial score (nSPS) is 14.4. The number of amides is 1. The molecule has 1 amide bonds. The van der Waals surface area contributed by atoms with Gasteiger partial charge in [-0.25, -0.2) is 4.68 Å². The molecule has 29 heavy (non-hydrogen) atoms. The molecule has 1 saturated heterocycles. The quantitative estimate of drug-likeness (QED) is 0.690. The minimum absolute atomic E-state index is 0.107. The van der Waals surface area contributed by atoms with E-state index in [1.807, 2.05) is 30.0 Å². The minimum atomic E-state index is -0.153. The SMILES string of the molecule is CCn1nc(C(=O)N2CCN(c3cccc(C)c3C)CC2)c2ccccc2c1=O. The highest BCUT2D eigenvalue weighted by Crippen LogP contribution is 2.24. The first-order valence-electron chi connectivity index (χ1n) is 10.1. The number of rotatable bonds is 3. The fourth-order valence-electron chi connectivity index (χ4n) is 3.99. The van der Waals surface area contributed by atoms with E-state index in [1.165, 1.54) is 21.5 Å². The Labute approximate surface area is 170 Å². The molecule has 1 aromatic heterocycles. The maximum atomic E-state index is 13.3. The third-order valence-electron chi connectivity index (χ3n) is 5.85. The summed E-state index contributed by atoms with van der Waals surface area (Å²) in [6.07, 6.45) is 0. The van der Waals surface area contributed by atoms with E-state index in [4.69, 9.17) is 0 Å². The highest BCUT2D eigenvalue weighted by molar-refractivity contribution is 6.04. The van der Waals surface area contributed by atoms with Crippen molar-refractivity contribution in [3.05, 3.63) is 69.6 Å². The van der Waals surface area contributed by atoms with Crippen LogP contribution in [0.5, 0.6) is 0 Å². The van der Waals surface area contributed by atoms with Crippen LogP contribution >= 0.6 is 0 Å². The molecular formula is C23H26N4O2. The molecule has 3 aromatic rings. The first-order chi connectivity index (χ1) is 14.0. The number of nitrogens with zero attached hydrogens (tertiary/aromatic N) is 4. The molecule has 0 aliphatic carbocycles. The van der Waals surface area contributed by atoms with Crippen molar-refractivity contribution in [1.29, 1.82) is 0 Å². The molecule has 1 aliphatic heterocycles. The van der Waals surface area contributed by atoms with Gasteiger partial charge in [0.2, 0.25) is 0 Å². The van der Waals surface area contributed by atoms with Crippen LogP contribution in [0.25, 0.3) is 10.8 Å². The molecule has 1 fully saturated rings. The van der Waals surface area contributed by atoms with Gasteiger partial charge in [0.25, 0.3) is 11.5 Å². The number of hydrogen-bond acceptors (Lipinski definition) is 4. The van der Waals surface area contributed by atoms with Crippen LogP contribution in [0.1, 0.15) is 28.5 Å². The average Bonchev–Trinajstić information content (AvgIpc) is 2.76. The number of carbonyl (C=O) groups excluding carboxylic acids is 1. The molecule has 0 bridgehead atoms. The molecule has 2 heterocycles. The molecule has 4 rings (SSSR count). The van der Waals surface area contributed by atoms with Crippen molar-refractivity contribution in [1.82, 2.24) is 14.7 Å². The summed E-state index contributed by atoms with van der Waals surface area (Å²) in [5.41, 5.74) is 4.01. The van der Waals surface area contributed by atoms with E-state index in [-0.39, 0.29) is 11.5 Å². The summed E-state index contributed by atoms with van der Waals surface area (Å²) in [5, 5.41) is 5.57. The van der Waals surface area contributed by atoms with E-state index < -0.39 is 0 Å². The lowest BCUT2D eigenvalue weighted by Gasteiger charge is -2.37. The predicted molar refractivity (Wildman–Crippen MR) is 116 cm³/mol. The highest BCUT2D eigenvalue weighted by atomic mass is 16.2. The van der Waals surface area contributed by atoms with E-state index >= 15 is 0 Å². The van der Waals surface area contributed by atoms with Crippen LogP contribution in [0.4, 0.5) is 5.69 Å². The van der Waals surface area contributed by atoms with Crippen LogP contribution < -0.4 is 10.5 Å². The number of fused-ring (bicyclic) bond motifs is 1.